The zero-order valence-corrected chi connectivity index (χ0v) is 19.1. The fourth-order valence-corrected chi connectivity index (χ4v) is 5.66. The molecular formula is C26H31FN4O2. The average Bonchev–Trinajstić information content (AvgIpc) is 2.87. The molecule has 3 saturated heterocycles. The van der Waals surface area contributed by atoms with Crippen molar-refractivity contribution in [2.45, 2.75) is 31.7 Å². The number of benzene rings is 2. The SMILES string of the molecule is CNC(=O)c1ccc2c(c1)CCN(C(=O)NCC13CCN(CC1)CC3)[C@H]2c1ccc(F)cc1. The lowest BCUT2D eigenvalue weighted by molar-refractivity contribution is 0.0272. The van der Waals surface area contributed by atoms with E-state index in [-0.39, 0.29) is 29.2 Å². The van der Waals surface area contributed by atoms with Crippen molar-refractivity contribution < 1.29 is 14.0 Å². The predicted molar refractivity (Wildman–Crippen MR) is 125 cm³/mol. The first-order chi connectivity index (χ1) is 16.0. The monoisotopic (exact) mass is 450 g/mol. The molecule has 6 nitrogen and oxygen atoms in total. The number of amides is 3. The summed E-state index contributed by atoms with van der Waals surface area (Å²) in [7, 11) is 1.62. The van der Waals surface area contributed by atoms with Crippen LogP contribution >= 0.6 is 0 Å². The Hall–Kier alpha value is -2.93. The van der Waals surface area contributed by atoms with Crippen molar-refractivity contribution >= 4 is 11.9 Å². The second-order valence-electron chi connectivity index (χ2n) is 9.64. The molecule has 0 spiro atoms. The number of hydrogen-bond acceptors (Lipinski definition) is 3. The summed E-state index contributed by atoms with van der Waals surface area (Å²) in [6.07, 6.45) is 4.09. The summed E-state index contributed by atoms with van der Waals surface area (Å²) >= 11 is 0. The van der Waals surface area contributed by atoms with Gasteiger partial charge in [-0.05, 0) is 91.7 Å². The van der Waals surface area contributed by atoms with Crippen LogP contribution in [-0.4, -0.2) is 61.5 Å². The lowest BCUT2D eigenvalue weighted by Crippen LogP contribution is -2.54. The van der Waals surface area contributed by atoms with E-state index in [1.165, 1.54) is 12.1 Å². The number of hydrogen-bond donors (Lipinski definition) is 2. The van der Waals surface area contributed by atoms with E-state index in [0.29, 0.717) is 25.1 Å². The number of rotatable bonds is 4. The first-order valence-electron chi connectivity index (χ1n) is 11.9. The van der Waals surface area contributed by atoms with Gasteiger partial charge in [0.2, 0.25) is 0 Å². The number of carbonyl (C=O) groups is 2. The van der Waals surface area contributed by atoms with Gasteiger partial charge in [-0.2, -0.15) is 0 Å². The van der Waals surface area contributed by atoms with Crippen LogP contribution in [0.1, 0.15) is 52.4 Å². The van der Waals surface area contributed by atoms with Gasteiger partial charge in [0.25, 0.3) is 5.91 Å². The summed E-state index contributed by atoms with van der Waals surface area (Å²) in [4.78, 5) is 30.0. The smallest absolute Gasteiger partial charge is 0.318 e. The fraction of sp³-hybridized carbons (Fsp3) is 0.462. The number of halogens is 1. The molecule has 1 atom stereocenters. The number of nitrogens with zero attached hydrogens (tertiary/aromatic N) is 2. The molecule has 7 heteroatoms. The van der Waals surface area contributed by atoms with E-state index in [4.69, 9.17) is 0 Å². The van der Waals surface area contributed by atoms with E-state index in [0.717, 1.165) is 55.6 Å². The van der Waals surface area contributed by atoms with E-state index >= 15 is 0 Å². The number of fused-ring (bicyclic) bond motifs is 4. The first-order valence-corrected chi connectivity index (χ1v) is 11.9. The number of carbonyl (C=O) groups excluding carboxylic acids is 2. The summed E-state index contributed by atoms with van der Waals surface area (Å²) < 4.78 is 13.7. The predicted octanol–water partition coefficient (Wildman–Crippen LogP) is 3.33. The van der Waals surface area contributed by atoms with Crippen molar-refractivity contribution in [3.8, 4) is 0 Å². The van der Waals surface area contributed by atoms with Crippen LogP contribution < -0.4 is 10.6 Å². The van der Waals surface area contributed by atoms with Gasteiger partial charge >= 0.3 is 6.03 Å². The minimum absolute atomic E-state index is 0.0762. The van der Waals surface area contributed by atoms with Crippen molar-refractivity contribution in [2.24, 2.45) is 5.41 Å². The summed E-state index contributed by atoms with van der Waals surface area (Å²) in [5.41, 5.74) is 3.72. The topological polar surface area (TPSA) is 64.7 Å². The van der Waals surface area contributed by atoms with Crippen LogP contribution in [0, 0.1) is 11.2 Å². The van der Waals surface area contributed by atoms with Gasteiger partial charge in [-0.3, -0.25) is 4.79 Å². The lowest BCUT2D eigenvalue weighted by Gasteiger charge is -2.48. The Bertz CT molecular complexity index is 1030. The molecule has 2 aromatic rings. The van der Waals surface area contributed by atoms with Crippen molar-refractivity contribution in [3.05, 3.63) is 70.5 Å². The number of nitrogens with one attached hydrogen (secondary N) is 2. The fourth-order valence-electron chi connectivity index (χ4n) is 5.66. The van der Waals surface area contributed by atoms with E-state index in [9.17, 15) is 14.0 Å². The number of urea groups is 1. The van der Waals surface area contributed by atoms with E-state index in [1.54, 1.807) is 25.2 Å². The highest BCUT2D eigenvalue weighted by Crippen LogP contribution is 2.40. The van der Waals surface area contributed by atoms with Gasteiger partial charge in [-0.25, -0.2) is 9.18 Å². The number of piperidine rings is 3. The molecule has 6 rings (SSSR count). The van der Waals surface area contributed by atoms with E-state index in [1.807, 2.05) is 17.0 Å². The largest absolute Gasteiger partial charge is 0.355 e. The molecule has 0 unspecified atom stereocenters. The zero-order chi connectivity index (χ0) is 23.0. The van der Waals surface area contributed by atoms with Gasteiger partial charge in [-0.15, -0.1) is 0 Å². The van der Waals surface area contributed by atoms with Gasteiger partial charge in [0.1, 0.15) is 5.82 Å². The summed E-state index contributed by atoms with van der Waals surface area (Å²) in [5.74, 6) is -0.433. The van der Waals surface area contributed by atoms with Gasteiger partial charge in [0.15, 0.2) is 0 Å². The first kappa shape index (κ1) is 21.9. The molecule has 2 N–H and O–H groups in total. The Morgan fingerprint density at radius 2 is 1.73 bits per heavy atom. The Balaban J connectivity index is 1.41. The summed E-state index contributed by atoms with van der Waals surface area (Å²) in [6, 6.07) is 11.6. The highest BCUT2D eigenvalue weighted by atomic mass is 19.1. The second-order valence-corrected chi connectivity index (χ2v) is 9.64. The van der Waals surface area contributed by atoms with Gasteiger partial charge in [-0.1, -0.05) is 18.2 Å². The molecular weight excluding hydrogens is 419 g/mol. The Kier molecular flexibility index (Phi) is 5.83. The van der Waals surface area contributed by atoms with Crippen LogP contribution in [0.25, 0.3) is 0 Å². The zero-order valence-electron chi connectivity index (χ0n) is 19.1. The average molecular weight is 451 g/mol. The van der Waals surface area contributed by atoms with E-state index < -0.39 is 0 Å². The Morgan fingerprint density at radius 1 is 1.03 bits per heavy atom. The second kappa shape index (κ2) is 8.78. The summed E-state index contributed by atoms with van der Waals surface area (Å²) in [6.45, 7) is 4.62. The standard InChI is InChI=1S/C26H31FN4O2/c1-28-24(32)20-4-7-22-19(16-20)8-12-31(23(22)18-2-5-21(27)6-3-18)25(33)29-17-26-9-13-30(14-10-26)15-11-26/h2-7,16,23H,8-15,17H2,1H3,(H,28,32)(H,29,33)/t23-/m0/s1. The maximum atomic E-state index is 13.7. The van der Waals surface area contributed by atoms with Gasteiger partial charge < -0.3 is 20.4 Å². The van der Waals surface area contributed by atoms with Crippen molar-refractivity contribution in [1.82, 2.24) is 20.4 Å². The van der Waals surface area contributed by atoms with Crippen LogP contribution in [0.5, 0.6) is 0 Å². The van der Waals surface area contributed by atoms with E-state index in [2.05, 4.69) is 15.5 Å². The molecule has 2 aromatic carbocycles. The molecule has 4 aliphatic heterocycles. The molecule has 3 amide bonds. The third kappa shape index (κ3) is 4.22. The van der Waals surface area contributed by atoms with Crippen molar-refractivity contribution in [1.29, 1.82) is 0 Å². The third-order valence-electron chi connectivity index (χ3n) is 7.80. The molecule has 2 bridgehead atoms. The molecule has 3 fully saturated rings. The molecule has 4 heterocycles. The Morgan fingerprint density at radius 3 is 2.39 bits per heavy atom. The van der Waals surface area contributed by atoms with Crippen molar-refractivity contribution in [2.75, 3.05) is 39.8 Å². The molecule has 0 radical (unpaired) electrons. The minimum Gasteiger partial charge on any atom is -0.355 e. The maximum Gasteiger partial charge on any atom is 0.318 e. The molecule has 174 valence electrons. The van der Waals surface area contributed by atoms with Crippen LogP contribution in [0.4, 0.5) is 9.18 Å². The third-order valence-corrected chi connectivity index (χ3v) is 7.80. The highest BCUT2D eigenvalue weighted by molar-refractivity contribution is 5.94. The normalized spacial score (nSPS) is 25.9. The van der Waals surface area contributed by atoms with Crippen molar-refractivity contribution in [3.63, 3.8) is 0 Å². The molecule has 0 aromatic heterocycles. The van der Waals surface area contributed by atoms with Gasteiger partial charge in [0, 0.05) is 25.7 Å². The van der Waals surface area contributed by atoms with Crippen LogP contribution in [-0.2, 0) is 6.42 Å². The summed E-state index contributed by atoms with van der Waals surface area (Å²) in [5, 5.41) is 5.92. The van der Waals surface area contributed by atoms with Crippen LogP contribution in [0.2, 0.25) is 0 Å². The lowest BCUT2D eigenvalue weighted by atomic mass is 9.72. The van der Waals surface area contributed by atoms with Crippen LogP contribution in [0.3, 0.4) is 0 Å². The van der Waals surface area contributed by atoms with Crippen LogP contribution in [0.15, 0.2) is 42.5 Å². The maximum absolute atomic E-state index is 13.7. The molecule has 0 saturated carbocycles. The minimum atomic E-state index is -0.321. The highest BCUT2D eigenvalue weighted by Gasteiger charge is 2.40. The molecule has 33 heavy (non-hydrogen) atoms. The molecule has 0 aliphatic carbocycles. The Labute approximate surface area is 194 Å². The quantitative estimate of drug-likeness (QED) is 0.751. The van der Waals surface area contributed by atoms with Gasteiger partial charge in [0.05, 0.1) is 6.04 Å². The molecule has 4 aliphatic rings.